The van der Waals surface area contributed by atoms with E-state index < -0.39 is 0 Å². The predicted molar refractivity (Wildman–Crippen MR) is 158 cm³/mol. The van der Waals surface area contributed by atoms with Crippen LogP contribution in [0.3, 0.4) is 0 Å². The summed E-state index contributed by atoms with van der Waals surface area (Å²) >= 11 is 1.79. The summed E-state index contributed by atoms with van der Waals surface area (Å²) < 4.78 is 5.48. The molecule has 0 saturated heterocycles. The molecule has 3 rings (SSSR count). The van der Waals surface area contributed by atoms with Crippen LogP contribution in [0.5, 0.6) is 0 Å². The van der Waals surface area contributed by atoms with Crippen LogP contribution in [-0.2, 0) is 11.3 Å². The molecule has 0 aliphatic heterocycles. The van der Waals surface area contributed by atoms with E-state index in [-0.39, 0.29) is 38.5 Å². The Kier molecular flexibility index (Phi) is 12.9. The molecule has 11 heteroatoms. The van der Waals surface area contributed by atoms with Gasteiger partial charge in [-0.05, 0) is 43.9 Å². The van der Waals surface area contributed by atoms with E-state index in [0.29, 0.717) is 16.5 Å². The van der Waals surface area contributed by atoms with Gasteiger partial charge in [0.2, 0.25) is 11.8 Å². The highest BCUT2D eigenvalue weighted by Gasteiger charge is 2.16. The first-order chi connectivity index (χ1) is 16.7. The van der Waals surface area contributed by atoms with Gasteiger partial charge in [0.15, 0.2) is 11.5 Å². The number of benzene rings is 2. The number of nitrogens with one attached hydrogen (secondary N) is 3. The van der Waals surface area contributed by atoms with Gasteiger partial charge >= 0.3 is 0 Å². The van der Waals surface area contributed by atoms with Gasteiger partial charge in [0, 0.05) is 45.2 Å². The van der Waals surface area contributed by atoms with Crippen LogP contribution in [0, 0.1) is 10.8 Å². The van der Waals surface area contributed by atoms with E-state index >= 15 is 0 Å². The highest BCUT2D eigenvalue weighted by molar-refractivity contribution is 7.99. The standard InChI is InChI=1S/C26H33N7OS.2H2O.3H2/c1-17(2)35-21-11-9-19(10-12-21)22-16-31-24(27)23(32-22)26(29)34-25(28)20-7-5-18(6-8-20)15-30-13-14-33(3)4;;;;;/h5-12,16-17,28-30H,13-15H2,1-4H3,(H2,27,31);2*1H2;3*1H. The van der Waals surface area contributed by atoms with E-state index in [9.17, 15) is 0 Å². The van der Waals surface area contributed by atoms with E-state index in [1.807, 2.05) is 50.5 Å². The first kappa shape index (κ1) is 31.7. The van der Waals surface area contributed by atoms with Gasteiger partial charge in [-0.25, -0.2) is 9.97 Å². The molecule has 37 heavy (non-hydrogen) atoms. The Morgan fingerprint density at radius 1 is 1.05 bits per heavy atom. The van der Waals surface area contributed by atoms with Gasteiger partial charge in [-0.3, -0.25) is 10.8 Å². The van der Waals surface area contributed by atoms with Crippen molar-refractivity contribution in [3.63, 3.8) is 0 Å². The normalized spacial score (nSPS) is 10.5. The van der Waals surface area contributed by atoms with E-state index in [4.69, 9.17) is 21.3 Å². The predicted octanol–water partition coefficient (Wildman–Crippen LogP) is 3.33. The molecule has 0 bridgehead atoms. The van der Waals surface area contributed by atoms with Crippen molar-refractivity contribution >= 4 is 29.4 Å². The summed E-state index contributed by atoms with van der Waals surface area (Å²) in [6.07, 6.45) is 1.58. The summed E-state index contributed by atoms with van der Waals surface area (Å²) in [4.78, 5) is 12.0. The fourth-order valence-corrected chi connectivity index (χ4v) is 4.04. The number of nitrogen functional groups attached to an aromatic ring is 1. The number of aromatic nitrogens is 2. The molecule has 2 aromatic carbocycles. The van der Waals surface area contributed by atoms with E-state index in [1.54, 1.807) is 30.1 Å². The third kappa shape index (κ3) is 9.56. The van der Waals surface area contributed by atoms with Crippen LogP contribution in [0.25, 0.3) is 11.3 Å². The number of anilines is 1. The maximum Gasteiger partial charge on any atom is 0.243 e. The molecule has 0 atom stereocenters. The number of ether oxygens (including phenoxy) is 1. The second kappa shape index (κ2) is 15.0. The Morgan fingerprint density at radius 2 is 1.70 bits per heavy atom. The fourth-order valence-electron chi connectivity index (χ4n) is 3.20. The summed E-state index contributed by atoms with van der Waals surface area (Å²) in [5.41, 5.74) is 9.21. The lowest BCUT2D eigenvalue weighted by Crippen LogP contribution is -2.26. The SMILES string of the molecule is CC(C)Sc1ccc(-c2cnc(N)c(C(=N)OC(=N)c3ccc(CNCCN(C)C)cc3)n2)cc1.O.O.[HH].[HH].[HH]. The van der Waals surface area contributed by atoms with E-state index in [0.717, 1.165) is 30.8 Å². The lowest BCUT2D eigenvalue weighted by atomic mass is 10.1. The van der Waals surface area contributed by atoms with Crippen LogP contribution in [0.1, 0.15) is 34.9 Å². The number of thioether (sulfide) groups is 1. The van der Waals surface area contributed by atoms with Gasteiger partial charge in [0.25, 0.3) is 0 Å². The van der Waals surface area contributed by atoms with Crippen LogP contribution in [-0.4, -0.2) is 70.1 Å². The van der Waals surface area contributed by atoms with Gasteiger partial charge in [-0.1, -0.05) is 38.1 Å². The molecule has 3 aromatic rings. The van der Waals surface area contributed by atoms with E-state index in [1.165, 1.54) is 4.90 Å². The molecule has 10 nitrogen and oxygen atoms in total. The minimum atomic E-state index is -0.316. The van der Waals surface area contributed by atoms with Crippen LogP contribution in [0.2, 0.25) is 0 Å². The zero-order valence-electron chi connectivity index (χ0n) is 21.6. The van der Waals surface area contributed by atoms with Crippen molar-refractivity contribution in [1.29, 1.82) is 10.8 Å². The number of likely N-dealkylation sites (N-methyl/N-ethyl adjacent to an activating group) is 1. The quantitative estimate of drug-likeness (QED) is 0.133. The average molecular weight is 534 g/mol. The topological polar surface area (TPSA) is 187 Å². The van der Waals surface area contributed by atoms with Crippen molar-refractivity contribution in [2.75, 3.05) is 32.9 Å². The highest BCUT2D eigenvalue weighted by atomic mass is 32.2. The molecule has 0 spiro atoms. The lowest BCUT2D eigenvalue weighted by Gasteiger charge is -2.12. The first-order valence-electron chi connectivity index (χ1n) is 11.4. The number of hydrogen-bond donors (Lipinski definition) is 4. The second-order valence-corrected chi connectivity index (χ2v) is 10.3. The summed E-state index contributed by atoms with van der Waals surface area (Å²) in [5, 5.41) is 20.5. The van der Waals surface area contributed by atoms with Crippen LogP contribution >= 0.6 is 11.8 Å². The molecule has 0 fully saturated rings. The minimum Gasteiger partial charge on any atom is -0.419 e. The Hall–Kier alpha value is -3.35. The van der Waals surface area contributed by atoms with Gasteiger partial charge in [-0.15, -0.1) is 11.8 Å². The summed E-state index contributed by atoms with van der Waals surface area (Å²) in [6.45, 7) is 6.91. The Labute approximate surface area is 226 Å². The van der Waals surface area contributed by atoms with Crippen LogP contribution in [0.4, 0.5) is 5.82 Å². The fraction of sp³-hybridized carbons (Fsp3) is 0.308. The van der Waals surface area contributed by atoms with Crippen molar-refractivity contribution in [1.82, 2.24) is 20.2 Å². The van der Waals surface area contributed by atoms with Gasteiger partial charge in [0.05, 0.1) is 11.9 Å². The molecule has 1 heterocycles. The van der Waals surface area contributed by atoms with Crippen molar-refractivity contribution in [2.45, 2.75) is 30.5 Å². The molecular weight excluding hydrogens is 490 g/mol. The highest BCUT2D eigenvalue weighted by Crippen LogP contribution is 2.26. The van der Waals surface area contributed by atoms with Gasteiger partial charge < -0.3 is 31.6 Å². The number of nitrogens with zero attached hydrogens (tertiary/aromatic N) is 3. The van der Waals surface area contributed by atoms with Crippen molar-refractivity contribution in [3.8, 4) is 11.3 Å². The summed E-state index contributed by atoms with van der Waals surface area (Å²) in [6, 6.07) is 15.5. The molecule has 0 aliphatic rings. The van der Waals surface area contributed by atoms with E-state index in [2.05, 4.69) is 34.0 Å². The lowest BCUT2D eigenvalue weighted by molar-refractivity contribution is 0.400. The maximum absolute atomic E-state index is 8.35. The van der Waals surface area contributed by atoms with Gasteiger partial charge in [-0.2, -0.15) is 0 Å². The number of hydrogen-bond acceptors (Lipinski definition) is 9. The first-order valence-corrected chi connectivity index (χ1v) is 12.3. The molecule has 206 valence electrons. The molecule has 0 saturated carbocycles. The Morgan fingerprint density at radius 3 is 2.30 bits per heavy atom. The third-order valence-electron chi connectivity index (χ3n) is 5.02. The van der Waals surface area contributed by atoms with Crippen molar-refractivity contribution in [3.05, 3.63) is 71.5 Å². The molecule has 1 aromatic heterocycles. The Balaban J connectivity index is -0.00000274. The van der Waals surface area contributed by atoms with Gasteiger partial charge in [0.1, 0.15) is 0 Å². The molecule has 9 N–H and O–H groups in total. The van der Waals surface area contributed by atoms with Crippen molar-refractivity contribution in [2.24, 2.45) is 0 Å². The summed E-state index contributed by atoms with van der Waals surface area (Å²) in [5.74, 6) is -0.385. The largest absolute Gasteiger partial charge is 0.419 e. The molecule has 0 aliphatic carbocycles. The molecule has 0 amide bonds. The average Bonchev–Trinajstić information content (AvgIpc) is 2.82. The second-order valence-electron chi connectivity index (χ2n) is 8.62. The maximum atomic E-state index is 8.35. The van der Waals surface area contributed by atoms with Crippen LogP contribution < -0.4 is 11.1 Å². The third-order valence-corrected chi connectivity index (χ3v) is 6.04. The summed E-state index contributed by atoms with van der Waals surface area (Å²) in [7, 11) is 4.08. The molecular formula is C26H43N7O3S. The minimum absolute atomic E-state index is 0. The number of rotatable bonds is 10. The molecule has 0 unspecified atom stereocenters. The number of nitrogens with two attached hydrogens (primary N) is 1. The smallest absolute Gasteiger partial charge is 0.243 e. The molecule has 0 radical (unpaired) electrons. The van der Waals surface area contributed by atoms with Crippen LogP contribution in [0.15, 0.2) is 59.6 Å². The zero-order chi connectivity index (χ0) is 25.4. The van der Waals surface area contributed by atoms with Crippen molar-refractivity contribution < 1.29 is 20.0 Å². The zero-order valence-corrected chi connectivity index (χ0v) is 22.4. The Bertz CT molecular complexity index is 1170. The monoisotopic (exact) mass is 533 g/mol.